The molecule has 20 heavy (non-hydrogen) atoms. The summed E-state index contributed by atoms with van der Waals surface area (Å²) >= 11 is 0. The summed E-state index contributed by atoms with van der Waals surface area (Å²) in [5.41, 5.74) is -0.463. The molecule has 0 heterocycles. The highest BCUT2D eigenvalue weighted by Crippen LogP contribution is 2.15. The fraction of sp³-hybridized carbons (Fsp3) is 0.562. The maximum absolute atomic E-state index is 12.9. The average molecular weight is 278 g/mol. The Kier molecular flexibility index (Phi) is 7.03. The van der Waals surface area contributed by atoms with Crippen molar-refractivity contribution in [3.8, 4) is 11.8 Å². The zero-order chi connectivity index (χ0) is 14.8. The van der Waals surface area contributed by atoms with Gasteiger partial charge in [0.1, 0.15) is 17.1 Å². The Balaban J connectivity index is 2.22. The molecule has 0 saturated heterocycles. The molecule has 0 aliphatic heterocycles. The van der Waals surface area contributed by atoms with E-state index in [9.17, 15) is 9.65 Å². The zero-order valence-corrected chi connectivity index (χ0v) is 12.3. The second-order valence-electron chi connectivity index (χ2n) is 5.13. The molecule has 1 atom stereocenters. The standard InChI is InChI=1S/C16H23FN2O/c1-3-10-19-16(2,13-18)9-4-5-11-20-15-8-6-7-14(17)12-15/h6-8,12,19H,3-5,9-11H2,1-2H3. The average Bonchev–Trinajstić information content (AvgIpc) is 2.45. The minimum Gasteiger partial charge on any atom is -0.493 e. The van der Waals surface area contributed by atoms with Crippen molar-refractivity contribution >= 4 is 0 Å². The lowest BCUT2D eigenvalue weighted by Gasteiger charge is -2.22. The van der Waals surface area contributed by atoms with Gasteiger partial charge in [-0.3, -0.25) is 5.32 Å². The van der Waals surface area contributed by atoms with Crippen LogP contribution in [0.3, 0.4) is 0 Å². The first-order valence-corrected chi connectivity index (χ1v) is 7.14. The van der Waals surface area contributed by atoms with Gasteiger partial charge in [0.2, 0.25) is 0 Å². The quantitative estimate of drug-likeness (QED) is 0.701. The molecule has 1 rings (SSSR count). The third-order valence-corrected chi connectivity index (χ3v) is 3.15. The van der Waals surface area contributed by atoms with E-state index in [2.05, 4.69) is 18.3 Å². The van der Waals surface area contributed by atoms with E-state index < -0.39 is 5.54 Å². The van der Waals surface area contributed by atoms with Crippen molar-refractivity contribution in [3.05, 3.63) is 30.1 Å². The lowest BCUT2D eigenvalue weighted by molar-refractivity contribution is 0.294. The van der Waals surface area contributed by atoms with Crippen LogP contribution in [0.2, 0.25) is 0 Å². The molecule has 1 aromatic carbocycles. The summed E-state index contributed by atoms with van der Waals surface area (Å²) in [7, 11) is 0. The van der Waals surface area contributed by atoms with Crippen molar-refractivity contribution < 1.29 is 9.13 Å². The summed E-state index contributed by atoms with van der Waals surface area (Å²) in [5.74, 6) is 0.264. The second-order valence-corrected chi connectivity index (χ2v) is 5.13. The largest absolute Gasteiger partial charge is 0.493 e. The molecule has 1 unspecified atom stereocenters. The summed E-state index contributed by atoms with van der Waals surface area (Å²) in [6, 6.07) is 8.47. The number of halogens is 1. The van der Waals surface area contributed by atoms with Crippen molar-refractivity contribution in [2.45, 2.75) is 45.1 Å². The fourth-order valence-electron chi connectivity index (χ4n) is 1.91. The van der Waals surface area contributed by atoms with Crippen molar-refractivity contribution in [2.75, 3.05) is 13.2 Å². The van der Waals surface area contributed by atoms with Crippen LogP contribution in [0.5, 0.6) is 5.75 Å². The van der Waals surface area contributed by atoms with Gasteiger partial charge in [0.05, 0.1) is 12.7 Å². The molecule has 0 aliphatic carbocycles. The maximum atomic E-state index is 12.9. The molecular formula is C16H23FN2O. The van der Waals surface area contributed by atoms with Gasteiger partial charge in [0.25, 0.3) is 0 Å². The first-order chi connectivity index (χ1) is 9.59. The first kappa shape index (κ1) is 16.5. The highest BCUT2D eigenvalue weighted by molar-refractivity contribution is 5.22. The van der Waals surface area contributed by atoms with Gasteiger partial charge in [-0.1, -0.05) is 13.0 Å². The molecule has 0 spiro atoms. The molecule has 0 saturated carbocycles. The Bertz CT molecular complexity index is 444. The van der Waals surface area contributed by atoms with Crippen LogP contribution in [0.4, 0.5) is 4.39 Å². The minimum atomic E-state index is -0.463. The van der Waals surface area contributed by atoms with Crippen molar-refractivity contribution in [2.24, 2.45) is 0 Å². The topological polar surface area (TPSA) is 45.0 Å². The van der Waals surface area contributed by atoms with Crippen LogP contribution in [0.15, 0.2) is 24.3 Å². The number of unbranched alkanes of at least 4 members (excludes halogenated alkanes) is 1. The number of benzene rings is 1. The molecule has 0 fully saturated rings. The van der Waals surface area contributed by atoms with Crippen LogP contribution in [-0.2, 0) is 0 Å². The third-order valence-electron chi connectivity index (χ3n) is 3.15. The monoisotopic (exact) mass is 278 g/mol. The molecule has 0 aliphatic rings. The van der Waals surface area contributed by atoms with Crippen molar-refractivity contribution in [1.29, 1.82) is 5.26 Å². The first-order valence-electron chi connectivity index (χ1n) is 7.14. The fourth-order valence-corrected chi connectivity index (χ4v) is 1.91. The van der Waals surface area contributed by atoms with E-state index in [-0.39, 0.29) is 5.82 Å². The Labute approximate surface area is 120 Å². The van der Waals surface area contributed by atoms with Gasteiger partial charge in [-0.25, -0.2) is 4.39 Å². The molecule has 0 radical (unpaired) electrons. The van der Waals surface area contributed by atoms with Crippen LogP contribution in [0.1, 0.15) is 39.5 Å². The molecule has 0 bridgehead atoms. The van der Waals surface area contributed by atoms with Gasteiger partial charge in [0.15, 0.2) is 0 Å². The predicted octanol–water partition coefficient (Wildman–Crippen LogP) is 3.66. The molecule has 1 aromatic rings. The lowest BCUT2D eigenvalue weighted by Crippen LogP contribution is -2.41. The Hall–Kier alpha value is -1.60. The van der Waals surface area contributed by atoms with Gasteiger partial charge >= 0.3 is 0 Å². The van der Waals surface area contributed by atoms with Crippen LogP contribution < -0.4 is 10.1 Å². The Morgan fingerprint density at radius 3 is 2.85 bits per heavy atom. The van der Waals surface area contributed by atoms with Crippen LogP contribution in [0.25, 0.3) is 0 Å². The summed E-state index contributed by atoms with van der Waals surface area (Å²) < 4.78 is 18.4. The van der Waals surface area contributed by atoms with Crippen LogP contribution in [0, 0.1) is 17.1 Å². The number of hydrogen-bond donors (Lipinski definition) is 1. The highest BCUT2D eigenvalue weighted by atomic mass is 19.1. The van der Waals surface area contributed by atoms with Crippen LogP contribution in [-0.4, -0.2) is 18.7 Å². The van der Waals surface area contributed by atoms with E-state index in [4.69, 9.17) is 4.74 Å². The van der Waals surface area contributed by atoms with E-state index in [1.807, 2.05) is 6.92 Å². The molecule has 4 heteroatoms. The van der Waals surface area contributed by atoms with E-state index in [1.54, 1.807) is 12.1 Å². The third kappa shape index (κ3) is 6.03. The van der Waals surface area contributed by atoms with Crippen molar-refractivity contribution in [3.63, 3.8) is 0 Å². The van der Waals surface area contributed by atoms with Gasteiger partial charge in [-0.15, -0.1) is 0 Å². The second kappa shape index (κ2) is 8.55. The summed E-state index contributed by atoms with van der Waals surface area (Å²) in [6.07, 6.45) is 3.55. The predicted molar refractivity (Wildman–Crippen MR) is 78.1 cm³/mol. The molecule has 0 aromatic heterocycles. The van der Waals surface area contributed by atoms with Gasteiger partial charge in [-0.2, -0.15) is 5.26 Å². The van der Waals surface area contributed by atoms with Gasteiger partial charge in [0, 0.05) is 6.07 Å². The summed E-state index contributed by atoms with van der Waals surface area (Å²) in [4.78, 5) is 0. The summed E-state index contributed by atoms with van der Waals surface area (Å²) in [6.45, 7) is 5.40. The molecule has 3 nitrogen and oxygen atoms in total. The van der Waals surface area contributed by atoms with Gasteiger partial charge in [-0.05, 0) is 51.3 Å². The molecular weight excluding hydrogens is 255 g/mol. The number of ether oxygens (including phenoxy) is 1. The molecule has 1 N–H and O–H groups in total. The SMILES string of the molecule is CCCNC(C)(C#N)CCCCOc1cccc(F)c1. The Morgan fingerprint density at radius 1 is 1.40 bits per heavy atom. The molecule has 110 valence electrons. The van der Waals surface area contributed by atoms with E-state index in [0.29, 0.717) is 12.4 Å². The number of hydrogen-bond acceptors (Lipinski definition) is 3. The van der Waals surface area contributed by atoms with E-state index in [0.717, 1.165) is 32.2 Å². The number of nitriles is 1. The number of rotatable bonds is 9. The van der Waals surface area contributed by atoms with Gasteiger partial charge < -0.3 is 4.74 Å². The Morgan fingerprint density at radius 2 is 2.20 bits per heavy atom. The smallest absolute Gasteiger partial charge is 0.126 e. The van der Waals surface area contributed by atoms with E-state index >= 15 is 0 Å². The molecule has 0 amide bonds. The summed E-state index contributed by atoms with van der Waals surface area (Å²) in [5, 5.41) is 12.5. The lowest BCUT2D eigenvalue weighted by atomic mass is 9.96. The minimum absolute atomic E-state index is 0.289. The zero-order valence-electron chi connectivity index (χ0n) is 12.3. The number of nitrogens with zero attached hydrogens (tertiary/aromatic N) is 1. The highest BCUT2D eigenvalue weighted by Gasteiger charge is 2.21. The normalized spacial score (nSPS) is 13.5. The van der Waals surface area contributed by atoms with Crippen molar-refractivity contribution in [1.82, 2.24) is 5.32 Å². The van der Waals surface area contributed by atoms with E-state index in [1.165, 1.54) is 12.1 Å². The van der Waals surface area contributed by atoms with Crippen LogP contribution >= 0.6 is 0 Å². The number of nitrogens with one attached hydrogen (secondary N) is 1. The maximum Gasteiger partial charge on any atom is 0.126 e.